The summed E-state index contributed by atoms with van der Waals surface area (Å²) in [5.41, 5.74) is 17.9. The Morgan fingerprint density at radius 1 is 0.853 bits per heavy atom. The zero-order valence-corrected chi connectivity index (χ0v) is 19.8. The standard InChI is InChI=1S/C27H28ClN5O/c1-18(21-11-13-23(28)14-12-21)31-15-19-7-9-22(10-8-19)25-24(32-27(30)33-26(25)29)17-34-16-20-5-3-2-4-6-20/h2-14,18,31H,15-17H2,1H3,(H4,29,30,32,33). The highest BCUT2D eigenvalue weighted by Gasteiger charge is 2.14. The normalized spacial score (nSPS) is 11.9. The Labute approximate surface area is 205 Å². The first-order valence-electron chi connectivity index (χ1n) is 11.1. The number of anilines is 2. The van der Waals surface area contributed by atoms with Gasteiger partial charge in [0.05, 0.1) is 18.9 Å². The minimum absolute atomic E-state index is 0.136. The molecule has 6 nitrogen and oxygen atoms in total. The van der Waals surface area contributed by atoms with Gasteiger partial charge < -0.3 is 21.5 Å². The number of nitrogens with two attached hydrogens (primary N) is 2. The lowest BCUT2D eigenvalue weighted by Gasteiger charge is -2.15. The van der Waals surface area contributed by atoms with Crippen LogP contribution in [0, 0.1) is 0 Å². The first kappa shape index (κ1) is 23.7. The summed E-state index contributed by atoms with van der Waals surface area (Å²) >= 11 is 5.99. The molecule has 174 valence electrons. The monoisotopic (exact) mass is 473 g/mol. The van der Waals surface area contributed by atoms with Crippen molar-refractivity contribution >= 4 is 23.4 Å². The Bertz CT molecular complexity index is 1210. The van der Waals surface area contributed by atoms with Crippen LogP contribution in [0.3, 0.4) is 0 Å². The molecule has 0 aliphatic rings. The van der Waals surface area contributed by atoms with Crippen LogP contribution in [-0.4, -0.2) is 9.97 Å². The van der Waals surface area contributed by atoms with E-state index in [0.29, 0.717) is 18.1 Å². The summed E-state index contributed by atoms with van der Waals surface area (Å²) in [5, 5.41) is 4.28. The molecule has 1 atom stereocenters. The van der Waals surface area contributed by atoms with Crippen LogP contribution in [0.15, 0.2) is 78.9 Å². The third kappa shape index (κ3) is 6.11. The van der Waals surface area contributed by atoms with Gasteiger partial charge in [-0.1, -0.05) is 78.3 Å². The molecule has 3 aromatic carbocycles. The van der Waals surface area contributed by atoms with E-state index in [1.165, 1.54) is 5.56 Å². The van der Waals surface area contributed by atoms with Crippen molar-refractivity contribution in [2.24, 2.45) is 0 Å². The molecule has 5 N–H and O–H groups in total. The predicted octanol–water partition coefficient (Wildman–Crippen LogP) is 5.53. The predicted molar refractivity (Wildman–Crippen MR) is 138 cm³/mol. The lowest BCUT2D eigenvalue weighted by atomic mass is 10.0. The van der Waals surface area contributed by atoms with Crippen molar-refractivity contribution < 1.29 is 4.74 Å². The van der Waals surface area contributed by atoms with E-state index in [1.54, 1.807) is 0 Å². The number of ether oxygens (including phenoxy) is 1. The van der Waals surface area contributed by atoms with Gasteiger partial charge in [-0.3, -0.25) is 0 Å². The lowest BCUT2D eigenvalue weighted by Crippen LogP contribution is -2.17. The largest absolute Gasteiger partial charge is 0.383 e. The Morgan fingerprint density at radius 2 is 1.56 bits per heavy atom. The molecule has 1 aromatic heterocycles. The molecule has 0 aliphatic carbocycles. The summed E-state index contributed by atoms with van der Waals surface area (Å²) in [7, 11) is 0. The average Bonchev–Trinajstić information content (AvgIpc) is 2.84. The zero-order valence-electron chi connectivity index (χ0n) is 19.0. The molecular weight excluding hydrogens is 446 g/mol. The van der Waals surface area contributed by atoms with Crippen molar-refractivity contribution in [2.45, 2.75) is 32.7 Å². The van der Waals surface area contributed by atoms with Gasteiger partial charge in [-0.05, 0) is 41.3 Å². The van der Waals surface area contributed by atoms with Crippen LogP contribution in [0.25, 0.3) is 11.1 Å². The maximum absolute atomic E-state index is 6.24. The van der Waals surface area contributed by atoms with Gasteiger partial charge in [-0.15, -0.1) is 0 Å². The number of hydrogen-bond donors (Lipinski definition) is 3. The Kier molecular flexibility index (Phi) is 7.75. The number of rotatable bonds is 9. The summed E-state index contributed by atoms with van der Waals surface area (Å²) in [5.74, 6) is 0.476. The first-order chi connectivity index (χ1) is 16.5. The summed E-state index contributed by atoms with van der Waals surface area (Å²) in [6.07, 6.45) is 0. The van der Waals surface area contributed by atoms with E-state index in [2.05, 4.69) is 34.3 Å². The fraction of sp³-hybridized carbons (Fsp3) is 0.185. The zero-order chi connectivity index (χ0) is 23.9. The van der Waals surface area contributed by atoms with Gasteiger partial charge in [0.2, 0.25) is 5.95 Å². The van der Waals surface area contributed by atoms with Crippen LogP contribution >= 0.6 is 11.6 Å². The third-order valence-electron chi connectivity index (χ3n) is 5.60. The van der Waals surface area contributed by atoms with Gasteiger partial charge in [0, 0.05) is 23.2 Å². The number of aromatic nitrogens is 2. The van der Waals surface area contributed by atoms with Crippen LogP contribution in [0.4, 0.5) is 11.8 Å². The SMILES string of the molecule is CC(NCc1ccc(-c2c(N)nc(N)nc2COCc2ccccc2)cc1)c1ccc(Cl)cc1. The fourth-order valence-electron chi connectivity index (χ4n) is 3.73. The Hall–Kier alpha value is -3.45. The van der Waals surface area contributed by atoms with Gasteiger partial charge >= 0.3 is 0 Å². The van der Waals surface area contributed by atoms with E-state index in [0.717, 1.165) is 33.8 Å². The highest BCUT2D eigenvalue weighted by molar-refractivity contribution is 6.30. The minimum atomic E-state index is 0.136. The molecule has 0 aliphatic heterocycles. The van der Waals surface area contributed by atoms with Crippen LogP contribution in [0.2, 0.25) is 5.02 Å². The van der Waals surface area contributed by atoms with Gasteiger partial charge in [0.15, 0.2) is 0 Å². The molecule has 4 rings (SSSR count). The van der Waals surface area contributed by atoms with Crippen molar-refractivity contribution in [1.82, 2.24) is 15.3 Å². The fourth-order valence-corrected chi connectivity index (χ4v) is 3.86. The number of nitrogens with zero attached hydrogens (tertiary/aromatic N) is 2. The van der Waals surface area contributed by atoms with Crippen molar-refractivity contribution in [1.29, 1.82) is 0 Å². The van der Waals surface area contributed by atoms with E-state index in [-0.39, 0.29) is 18.6 Å². The summed E-state index contributed by atoms with van der Waals surface area (Å²) in [6, 6.07) is 26.3. The van der Waals surface area contributed by atoms with E-state index in [1.807, 2.05) is 66.7 Å². The van der Waals surface area contributed by atoms with Crippen molar-refractivity contribution in [2.75, 3.05) is 11.5 Å². The van der Waals surface area contributed by atoms with E-state index in [4.69, 9.17) is 27.8 Å². The van der Waals surface area contributed by atoms with E-state index in [9.17, 15) is 0 Å². The van der Waals surface area contributed by atoms with Crippen LogP contribution < -0.4 is 16.8 Å². The highest BCUT2D eigenvalue weighted by atomic mass is 35.5. The van der Waals surface area contributed by atoms with Crippen LogP contribution in [-0.2, 0) is 24.5 Å². The maximum atomic E-state index is 6.24. The number of nitrogens with one attached hydrogen (secondary N) is 1. The lowest BCUT2D eigenvalue weighted by molar-refractivity contribution is 0.105. The van der Waals surface area contributed by atoms with E-state index >= 15 is 0 Å². The number of nitrogen functional groups attached to an aromatic ring is 2. The van der Waals surface area contributed by atoms with Crippen molar-refractivity contribution in [3.05, 3.63) is 106 Å². The molecule has 0 radical (unpaired) electrons. The first-order valence-corrected chi connectivity index (χ1v) is 11.5. The summed E-state index contributed by atoms with van der Waals surface area (Å²) in [4.78, 5) is 8.57. The maximum Gasteiger partial charge on any atom is 0.222 e. The highest BCUT2D eigenvalue weighted by Crippen LogP contribution is 2.29. The van der Waals surface area contributed by atoms with Gasteiger partial charge in [0.1, 0.15) is 5.82 Å². The van der Waals surface area contributed by atoms with Crippen molar-refractivity contribution in [3.8, 4) is 11.1 Å². The molecule has 1 heterocycles. The molecule has 0 saturated heterocycles. The third-order valence-corrected chi connectivity index (χ3v) is 5.86. The minimum Gasteiger partial charge on any atom is -0.383 e. The molecule has 0 bridgehead atoms. The second kappa shape index (κ2) is 11.1. The molecule has 0 saturated carbocycles. The van der Waals surface area contributed by atoms with Gasteiger partial charge in [-0.25, -0.2) is 4.98 Å². The van der Waals surface area contributed by atoms with Gasteiger partial charge in [-0.2, -0.15) is 4.98 Å². The van der Waals surface area contributed by atoms with E-state index < -0.39 is 0 Å². The molecule has 1 unspecified atom stereocenters. The summed E-state index contributed by atoms with van der Waals surface area (Å²) in [6.45, 7) is 3.61. The molecule has 0 spiro atoms. The number of hydrogen-bond acceptors (Lipinski definition) is 6. The number of halogens is 1. The quantitative estimate of drug-likeness (QED) is 0.295. The molecule has 0 fully saturated rings. The smallest absolute Gasteiger partial charge is 0.222 e. The molecule has 7 heteroatoms. The number of benzene rings is 3. The van der Waals surface area contributed by atoms with Crippen LogP contribution in [0.5, 0.6) is 0 Å². The molecule has 34 heavy (non-hydrogen) atoms. The topological polar surface area (TPSA) is 99.1 Å². The Balaban J connectivity index is 1.44. The van der Waals surface area contributed by atoms with Crippen molar-refractivity contribution in [3.63, 3.8) is 0 Å². The second-order valence-corrected chi connectivity index (χ2v) is 8.55. The second-order valence-electron chi connectivity index (χ2n) is 8.12. The average molecular weight is 474 g/mol. The molecular formula is C27H28ClN5O. The summed E-state index contributed by atoms with van der Waals surface area (Å²) < 4.78 is 5.90. The van der Waals surface area contributed by atoms with Crippen LogP contribution in [0.1, 0.15) is 35.3 Å². The Morgan fingerprint density at radius 3 is 2.26 bits per heavy atom. The molecule has 4 aromatic rings. The molecule has 0 amide bonds. The van der Waals surface area contributed by atoms with Gasteiger partial charge in [0.25, 0.3) is 0 Å².